The van der Waals surface area contributed by atoms with Crippen LogP contribution >= 0.6 is 0 Å². The van der Waals surface area contributed by atoms with E-state index in [1.54, 1.807) is 12.1 Å². The zero-order chi connectivity index (χ0) is 12.4. The molecule has 0 N–H and O–H groups in total. The number of halogens is 2. The highest BCUT2D eigenvalue weighted by Crippen LogP contribution is 2.22. The van der Waals surface area contributed by atoms with Crippen molar-refractivity contribution in [1.29, 1.82) is 0 Å². The van der Waals surface area contributed by atoms with Crippen molar-refractivity contribution >= 4 is 13.9 Å². The van der Waals surface area contributed by atoms with E-state index in [2.05, 4.69) is 20.8 Å². The van der Waals surface area contributed by atoms with Gasteiger partial charge in [-0.1, -0.05) is 58.4 Å². The van der Waals surface area contributed by atoms with Crippen molar-refractivity contribution in [3.8, 4) is 0 Å². The summed E-state index contributed by atoms with van der Waals surface area (Å²) in [7, 11) is -4.16. The standard InChI is InChI=1S/C13H20F2Si/c1-5-10-16(14,15)12-8-6-11(7-9-12)13(2,3)4/h6-9H,5,10H2,1-4H3. The Bertz CT molecular complexity index is 336. The third kappa shape index (κ3) is 3.14. The maximum atomic E-state index is 13.7. The first-order chi connectivity index (χ1) is 7.27. The molecule has 0 saturated heterocycles. The Kier molecular flexibility index (Phi) is 3.89. The van der Waals surface area contributed by atoms with Crippen LogP contribution in [0.2, 0.25) is 6.04 Å². The van der Waals surface area contributed by atoms with E-state index in [1.807, 2.05) is 19.1 Å². The van der Waals surface area contributed by atoms with Crippen LogP contribution in [0.5, 0.6) is 0 Å². The highest BCUT2D eigenvalue weighted by Gasteiger charge is 2.36. The van der Waals surface area contributed by atoms with Gasteiger partial charge in [0.25, 0.3) is 0 Å². The molecule has 0 radical (unpaired) electrons. The molecule has 1 aromatic carbocycles. The predicted octanol–water partition coefficient (Wildman–Crippen LogP) is 3.98. The predicted molar refractivity (Wildman–Crippen MR) is 67.8 cm³/mol. The smallest absolute Gasteiger partial charge is 0.265 e. The Morgan fingerprint density at radius 2 is 1.56 bits per heavy atom. The monoisotopic (exact) mass is 242 g/mol. The number of rotatable bonds is 3. The van der Waals surface area contributed by atoms with Crippen molar-refractivity contribution in [2.75, 3.05) is 0 Å². The van der Waals surface area contributed by atoms with Crippen molar-refractivity contribution in [3.05, 3.63) is 29.8 Å². The Hall–Kier alpha value is -0.703. The van der Waals surface area contributed by atoms with Crippen molar-refractivity contribution in [2.24, 2.45) is 0 Å². The summed E-state index contributed by atoms with van der Waals surface area (Å²) in [6.45, 7) is 8.07. The summed E-state index contributed by atoms with van der Waals surface area (Å²) in [6, 6.07) is 6.96. The second-order valence-electron chi connectivity index (χ2n) is 5.28. The van der Waals surface area contributed by atoms with Gasteiger partial charge in [-0.15, -0.1) is 0 Å². The first-order valence-electron chi connectivity index (χ1n) is 5.76. The topological polar surface area (TPSA) is 0 Å². The van der Waals surface area contributed by atoms with Gasteiger partial charge in [0.05, 0.1) is 0 Å². The van der Waals surface area contributed by atoms with Gasteiger partial charge < -0.3 is 0 Å². The lowest BCUT2D eigenvalue weighted by Gasteiger charge is -2.20. The van der Waals surface area contributed by atoms with Crippen molar-refractivity contribution in [1.82, 2.24) is 0 Å². The van der Waals surface area contributed by atoms with Crippen molar-refractivity contribution in [3.63, 3.8) is 0 Å². The molecular weight excluding hydrogens is 222 g/mol. The Morgan fingerprint density at radius 3 is 1.94 bits per heavy atom. The number of benzene rings is 1. The summed E-state index contributed by atoms with van der Waals surface area (Å²) in [5.41, 5.74) is 1.14. The Balaban J connectivity index is 2.95. The largest absolute Gasteiger partial charge is 0.455 e. The summed E-state index contributed by atoms with van der Waals surface area (Å²) in [5, 5.41) is 0.266. The van der Waals surface area contributed by atoms with E-state index in [0.717, 1.165) is 5.56 Å². The number of hydrogen-bond acceptors (Lipinski definition) is 0. The molecule has 1 aromatic rings. The van der Waals surface area contributed by atoms with Crippen LogP contribution in [0.25, 0.3) is 0 Å². The molecule has 0 atom stereocenters. The maximum absolute atomic E-state index is 13.7. The van der Waals surface area contributed by atoms with E-state index in [0.29, 0.717) is 6.42 Å². The minimum atomic E-state index is -4.16. The van der Waals surface area contributed by atoms with Gasteiger partial charge in [0.15, 0.2) is 0 Å². The summed E-state index contributed by atoms with van der Waals surface area (Å²) in [5.74, 6) is 0. The van der Waals surface area contributed by atoms with Gasteiger partial charge >= 0.3 is 8.74 Å². The molecule has 0 spiro atoms. The molecule has 0 amide bonds. The molecule has 0 aromatic heterocycles. The lowest BCUT2D eigenvalue weighted by molar-refractivity contribution is 0.589. The quantitative estimate of drug-likeness (QED) is 0.555. The van der Waals surface area contributed by atoms with Crippen molar-refractivity contribution in [2.45, 2.75) is 45.6 Å². The molecule has 3 heteroatoms. The molecule has 16 heavy (non-hydrogen) atoms. The summed E-state index contributed by atoms with van der Waals surface area (Å²) in [6.07, 6.45) is 0.556. The van der Waals surface area contributed by atoms with Crippen LogP contribution < -0.4 is 5.19 Å². The summed E-state index contributed by atoms with van der Waals surface area (Å²) < 4.78 is 27.4. The van der Waals surface area contributed by atoms with Gasteiger partial charge in [0.2, 0.25) is 0 Å². The van der Waals surface area contributed by atoms with Crippen LogP contribution in [0.4, 0.5) is 8.22 Å². The third-order valence-electron chi connectivity index (χ3n) is 2.74. The molecule has 1 rings (SSSR count). The van der Waals surface area contributed by atoms with Crippen LogP contribution in [0.15, 0.2) is 24.3 Å². The zero-order valence-electron chi connectivity index (χ0n) is 10.5. The fourth-order valence-corrected chi connectivity index (χ4v) is 3.24. The average Bonchev–Trinajstić information content (AvgIpc) is 2.16. The zero-order valence-corrected chi connectivity index (χ0v) is 11.5. The molecule has 0 aliphatic heterocycles. The van der Waals surface area contributed by atoms with Crippen LogP contribution in [-0.2, 0) is 5.41 Å². The van der Waals surface area contributed by atoms with E-state index >= 15 is 0 Å². The Morgan fingerprint density at radius 1 is 1.06 bits per heavy atom. The van der Waals surface area contributed by atoms with E-state index < -0.39 is 8.74 Å². The summed E-state index contributed by atoms with van der Waals surface area (Å²) in [4.78, 5) is 0. The van der Waals surface area contributed by atoms with Gasteiger partial charge in [-0.2, -0.15) is 0 Å². The fourth-order valence-electron chi connectivity index (χ4n) is 1.67. The van der Waals surface area contributed by atoms with Gasteiger partial charge in [0.1, 0.15) is 0 Å². The number of hydrogen-bond donors (Lipinski definition) is 0. The second-order valence-corrected chi connectivity index (χ2v) is 7.77. The maximum Gasteiger partial charge on any atom is 0.455 e. The molecule has 0 aliphatic rings. The molecule has 90 valence electrons. The fraction of sp³-hybridized carbons (Fsp3) is 0.538. The lowest BCUT2D eigenvalue weighted by Crippen LogP contribution is -2.38. The molecule has 0 bridgehead atoms. The van der Waals surface area contributed by atoms with E-state index in [4.69, 9.17) is 0 Å². The molecule has 0 fully saturated rings. The van der Waals surface area contributed by atoms with E-state index in [9.17, 15) is 8.22 Å². The first-order valence-corrected chi connectivity index (χ1v) is 7.72. The van der Waals surface area contributed by atoms with E-state index in [-0.39, 0.29) is 16.6 Å². The van der Waals surface area contributed by atoms with Crippen molar-refractivity contribution < 1.29 is 8.22 Å². The average molecular weight is 242 g/mol. The minimum Gasteiger partial charge on any atom is -0.265 e. The van der Waals surface area contributed by atoms with Gasteiger partial charge in [0, 0.05) is 11.2 Å². The highest BCUT2D eigenvalue weighted by atomic mass is 28.4. The molecular formula is C13H20F2Si. The molecule has 0 unspecified atom stereocenters. The molecule has 0 saturated carbocycles. The molecule has 0 heterocycles. The third-order valence-corrected chi connectivity index (χ3v) is 5.04. The first kappa shape index (κ1) is 13.4. The van der Waals surface area contributed by atoms with E-state index in [1.165, 1.54) is 0 Å². The molecule has 0 nitrogen and oxygen atoms in total. The lowest BCUT2D eigenvalue weighted by atomic mass is 9.87. The summed E-state index contributed by atoms with van der Waals surface area (Å²) >= 11 is 0. The van der Waals surface area contributed by atoms with Crippen LogP contribution in [-0.4, -0.2) is 8.74 Å². The second kappa shape index (κ2) is 4.66. The normalized spacial score (nSPS) is 12.9. The Labute approximate surface area is 98.0 Å². The highest BCUT2D eigenvalue weighted by molar-refractivity contribution is 6.79. The van der Waals surface area contributed by atoms with Crippen LogP contribution in [0.1, 0.15) is 39.7 Å². The van der Waals surface area contributed by atoms with Crippen LogP contribution in [0, 0.1) is 0 Å². The van der Waals surface area contributed by atoms with Crippen LogP contribution in [0.3, 0.4) is 0 Å². The molecule has 0 aliphatic carbocycles. The SMILES string of the molecule is CCC[Si](F)(F)c1ccc(C(C)(C)C)cc1. The minimum absolute atomic E-state index is 0.0279. The van der Waals surface area contributed by atoms with Gasteiger partial charge in [-0.3, -0.25) is 8.22 Å². The van der Waals surface area contributed by atoms with Gasteiger partial charge in [-0.25, -0.2) is 0 Å². The van der Waals surface area contributed by atoms with Gasteiger partial charge in [-0.05, 0) is 11.0 Å².